The number of rotatable bonds is 8. The van der Waals surface area contributed by atoms with E-state index in [1.807, 2.05) is 30.3 Å². The molecule has 0 fully saturated rings. The molecular weight excluding hydrogens is 432 g/mol. The molecule has 2 aromatic carbocycles. The Morgan fingerprint density at radius 2 is 1.90 bits per heavy atom. The first-order chi connectivity index (χ1) is 13.9. The van der Waals surface area contributed by atoms with Gasteiger partial charge in [0, 0.05) is 5.02 Å². The summed E-state index contributed by atoms with van der Waals surface area (Å²) >= 11 is 7.11. The minimum atomic E-state index is -3.85. The predicted molar refractivity (Wildman–Crippen MR) is 115 cm³/mol. The molecule has 1 aromatic heterocycles. The number of nitrogens with one attached hydrogen (secondary N) is 2. The maximum Gasteiger partial charge on any atom is 0.250 e. The first-order valence-corrected chi connectivity index (χ1v) is 11.4. The van der Waals surface area contributed by atoms with Crippen LogP contribution >= 0.6 is 22.9 Å². The summed E-state index contributed by atoms with van der Waals surface area (Å²) in [7, 11) is -2.37. The Bertz CT molecular complexity index is 1070. The Kier molecular flexibility index (Phi) is 6.92. The van der Waals surface area contributed by atoms with Gasteiger partial charge in [-0.3, -0.25) is 4.79 Å². The summed E-state index contributed by atoms with van der Waals surface area (Å²) in [6.07, 6.45) is 0.181. The van der Waals surface area contributed by atoms with E-state index in [0.29, 0.717) is 16.5 Å². The van der Waals surface area contributed by atoms with Gasteiger partial charge in [-0.15, -0.1) is 11.3 Å². The topological polar surface area (TPSA) is 84.5 Å². The minimum absolute atomic E-state index is 0.142. The fourth-order valence-corrected chi connectivity index (χ4v) is 5.07. The van der Waals surface area contributed by atoms with Crippen LogP contribution in [0.5, 0.6) is 5.75 Å². The van der Waals surface area contributed by atoms with Crippen LogP contribution in [0.2, 0.25) is 5.02 Å². The second-order valence-corrected chi connectivity index (χ2v) is 9.45. The molecule has 6 nitrogen and oxygen atoms in total. The molecule has 152 valence electrons. The molecule has 3 rings (SSSR count). The van der Waals surface area contributed by atoms with Gasteiger partial charge < -0.3 is 10.1 Å². The second kappa shape index (κ2) is 9.41. The maximum absolute atomic E-state index is 13.0. The van der Waals surface area contributed by atoms with Crippen molar-refractivity contribution < 1.29 is 17.9 Å². The number of hydrogen-bond donors (Lipinski definition) is 2. The summed E-state index contributed by atoms with van der Waals surface area (Å²) in [5.74, 6) is -0.100. The lowest BCUT2D eigenvalue weighted by Gasteiger charge is -2.19. The zero-order valence-electron chi connectivity index (χ0n) is 15.5. The predicted octanol–water partition coefficient (Wildman–Crippen LogP) is 3.94. The van der Waals surface area contributed by atoms with Crippen molar-refractivity contribution in [1.29, 1.82) is 0 Å². The van der Waals surface area contributed by atoms with Gasteiger partial charge in [0.25, 0.3) is 10.0 Å². The van der Waals surface area contributed by atoms with Crippen LogP contribution < -0.4 is 14.8 Å². The van der Waals surface area contributed by atoms with Gasteiger partial charge in [-0.25, -0.2) is 8.42 Å². The quantitative estimate of drug-likeness (QED) is 0.544. The number of thiophene rings is 1. The molecule has 0 aliphatic rings. The first-order valence-electron chi connectivity index (χ1n) is 8.63. The molecule has 0 spiro atoms. The minimum Gasteiger partial charge on any atom is -0.495 e. The Labute approximate surface area is 178 Å². The van der Waals surface area contributed by atoms with E-state index in [-0.39, 0.29) is 10.6 Å². The summed E-state index contributed by atoms with van der Waals surface area (Å²) in [5.41, 5.74) is 1.18. The highest BCUT2D eigenvalue weighted by molar-refractivity contribution is 7.91. The zero-order chi connectivity index (χ0) is 20.9. The maximum atomic E-state index is 13.0. The van der Waals surface area contributed by atoms with Crippen LogP contribution in [0.15, 0.2) is 70.3 Å². The molecule has 1 amide bonds. The fraction of sp³-hybridized carbons (Fsp3) is 0.150. The second-order valence-electron chi connectivity index (χ2n) is 6.13. The highest BCUT2D eigenvalue weighted by atomic mass is 35.5. The number of benzene rings is 2. The monoisotopic (exact) mass is 450 g/mol. The van der Waals surface area contributed by atoms with Crippen LogP contribution in [0.3, 0.4) is 0 Å². The molecule has 0 bridgehead atoms. The standard InChI is InChI=1S/C20H19ClN2O4S2/c1-27-18-10-9-15(21)13-16(18)22-20(24)17(12-14-6-3-2-4-7-14)23-29(25,26)19-8-5-11-28-19/h2-11,13,17,23H,12H2,1H3,(H,22,24)/t17-/m1/s1. The summed E-state index contributed by atoms with van der Waals surface area (Å²) < 4.78 is 33.3. The van der Waals surface area contributed by atoms with Crippen molar-refractivity contribution in [3.8, 4) is 5.75 Å². The third-order valence-electron chi connectivity index (χ3n) is 4.08. The third kappa shape index (κ3) is 5.57. The SMILES string of the molecule is COc1ccc(Cl)cc1NC(=O)[C@@H](Cc1ccccc1)NS(=O)(=O)c1cccs1. The average molecular weight is 451 g/mol. The van der Waals surface area contributed by atoms with Crippen LogP contribution in [-0.2, 0) is 21.2 Å². The lowest BCUT2D eigenvalue weighted by atomic mass is 10.1. The molecule has 29 heavy (non-hydrogen) atoms. The van der Waals surface area contributed by atoms with Gasteiger partial charge in [0.15, 0.2) is 0 Å². The van der Waals surface area contributed by atoms with Crippen molar-refractivity contribution in [2.45, 2.75) is 16.7 Å². The van der Waals surface area contributed by atoms with Crippen molar-refractivity contribution in [3.63, 3.8) is 0 Å². The largest absolute Gasteiger partial charge is 0.495 e. The lowest BCUT2D eigenvalue weighted by molar-refractivity contribution is -0.117. The molecule has 0 saturated heterocycles. The summed E-state index contributed by atoms with van der Waals surface area (Å²) in [6, 6.07) is 16.1. The normalized spacial score (nSPS) is 12.3. The Balaban J connectivity index is 1.88. The van der Waals surface area contributed by atoms with Crippen molar-refractivity contribution in [2.75, 3.05) is 12.4 Å². The van der Waals surface area contributed by atoms with E-state index in [0.717, 1.165) is 16.9 Å². The molecule has 2 N–H and O–H groups in total. The van der Waals surface area contributed by atoms with E-state index in [1.54, 1.807) is 29.6 Å². The Hall–Kier alpha value is -2.39. The number of methoxy groups -OCH3 is 1. The number of sulfonamides is 1. The number of ether oxygens (including phenoxy) is 1. The van der Waals surface area contributed by atoms with Crippen LogP contribution in [-0.4, -0.2) is 27.5 Å². The Morgan fingerprint density at radius 3 is 2.55 bits per heavy atom. The fourth-order valence-electron chi connectivity index (χ4n) is 2.70. The van der Waals surface area contributed by atoms with Gasteiger partial charge in [-0.1, -0.05) is 48.0 Å². The van der Waals surface area contributed by atoms with Crippen LogP contribution in [0.4, 0.5) is 5.69 Å². The van der Waals surface area contributed by atoms with Crippen molar-refractivity contribution in [1.82, 2.24) is 4.72 Å². The van der Waals surface area contributed by atoms with Crippen molar-refractivity contribution in [2.24, 2.45) is 0 Å². The van der Waals surface area contributed by atoms with Gasteiger partial charge in [-0.05, 0) is 41.6 Å². The van der Waals surface area contributed by atoms with E-state index < -0.39 is 22.0 Å². The molecule has 0 aliphatic carbocycles. The number of amides is 1. The smallest absolute Gasteiger partial charge is 0.250 e. The number of halogens is 1. The van der Waals surface area contributed by atoms with E-state index in [2.05, 4.69) is 10.0 Å². The molecule has 0 radical (unpaired) electrons. The van der Waals surface area contributed by atoms with E-state index >= 15 is 0 Å². The van der Waals surface area contributed by atoms with Crippen LogP contribution in [0.25, 0.3) is 0 Å². The molecule has 9 heteroatoms. The molecule has 0 saturated carbocycles. The van der Waals surface area contributed by atoms with Crippen LogP contribution in [0, 0.1) is 0 Å². The van der Waals surface area contributed by atoms with E-state index in [4.69, 9.17) is 16.3 Å². The molecule has 0 aliphatic heterocycles. The van der Waals surface area contributed by atoms with Crippen LogP contribution in [0.1, 0.15) is 5.56 Å². The number of carbonyl (C=O) groups is 1. The van der Waals surface area contributed by atoms with E-state index in [1.165, 1.54) is 13.2 Å². The van der Waals surface area contributed by atoms with E-state index in [9.17, 15) is 13.2 Å². The highest BCUT2D eigenvalue weighted by Gasteiger charge is 2.27. The van der Waals surface area contributed by atoms with Gasteiger partial charge >= 0.3 is 0 Å². The molecule has 1 heterocycles. The first kappa shape index (κ1) is 21.3. The van der Waals surface area contributed by atoms with Gasteiger partial charge in [0.1, 0.15) is 16.0 Å². The van der Waals surface area contributed by atoms with Crippen molar-refractivity contribution >= 4 is 44.6 Å². The molecular formula is C20H19ClN2O4S2. The zero-order valence-corrected chi connectivity index (χ0v) is 17.9. The average Bonchev–Trinajstić information content (AvgIpc) is 3.24. The van der Waals surface area contributed by atoms with Crippen molar-refractivity contribution in [3.05, 3.63) is 76.6 Å². The summed E-state index contributed by atoms with van der Waals surface area (Å²) in [5, 5.41) is 4.80. The molecule has 0 unspecified atom stereocenters. The number of anilines is 1. The lowest BCUT2D eigenvalue weighted by Crippen LogP contribution is -2.45. The number of hydrogen-bond acceptors (Lipinski definition) is 5. The third-order valence-corrected chi connectivity index (χ3v) is 7.18. The Morgan fingerprint density at radius 1 is 1.14 bits per heavy atom. The summed E-state index contributed by atoms with van der Waals surface area (Å²) in [4.78, 5) is 13.0. The van der Waals surface area contributed by atoms with Gasteiger partial charge in [-0.2, -0.15) is 4.72 Å². The van der Waals surface area contributed by atoms with Gasteiger partial charge in [0.05, 0.1) is 12.8 Å². The van der Waals surface area contributed by atoms with Gasteiger partial charge in [0.2, 0.25) is 5.91 Å². The molecule has 1 atom stereocenters. The number of carbonyl (C=O) groups excluding carboxylic acids is 1. The summed E-state index contributed by atoms with van der Waals surface area (Å²) in [6.45, 7) is 0. The highest BCUT2D eigenvalue weighted by Crippen LogP contribution is 2.28. The molecule has 3 aromatic rings.